The van der Waals surface area contributed by atoms with E-state index in [0.29, 0.717) is 6.42 Å². The van der Waals surface area contributed by atoms with Crippen molar-refractivity contribution in [3.63, 3.8) is 0 Å². The number of guanidine groups is 1. The van der Waals surface area contributed by atoms with E-state index in [1.54, 1.807) is 0 Å². The number of hydrogen-bond acceptors (Lipinski definition) is 4. The second-order valence-electron chi connectivity index (χ2n) is 7.70. The molecule has 0 aliphatic heterocycles. The molecule has 0 spiro atoms. The van der Waals surface area contributed by atoms with Crippen LogP contribution in [0.2, 0.25) is 0 Å². The number of aromatic nitrogens is 1. The molecule has 0 saturated heterocycles. The number of benzene rings is 2. The van der Waals surface area contributed by atoms with Gasteiger partial charge in [0.05, 0.1) is 11.6 Å². The summed E-state index contributed by atoms with van der Waals surface area (Å²) in [6, 6.07) is 20.1. The average Bonchev–Trinajstić information content (AvgIpc) is 2.83. The third-order valence-corrected chi connectivity index (χ3v) is 5.26. The van der Waals surface area contributed by atoms with E-state index in [1.807, 2.05) is 60.7 Å². The molecule has 0 aliphatic carbocycles. The molecule has 6 N–H and O–H groups in total. The van der Waals surface area contributed by atoms with Crippen molar-refractivity contribution >= 4 is 17.8 Å². The first-order valence-corrected chi connectivity index (χ1v) is 10.8. The molecule has 0 saturated carbocycles. The Morgan fingerprint density at radius 3 is 2.06 bits per heavy atom. The van der Waals surface area contributed by atoms with Gasteiger partial charge in [-0.1, -0.05) is 60.7 Å². The maximum atomic E-state index is 12.9. The topological polar surface area (TPSA) is 153 Å². The van der Waals surface area contributed by atoms with Gasteiger partial charge in [-0.05, 0) is 30.0 Å². The molecule has 1 heterocycles. The van der Waals surface area contributed by atoms with Gasteiger partial charge in [0.15, 0.2) is 5.96 Å². The highest BCUT2D eigenvalue weighted by Crippen LogP contribution is 2.25. The van der Waals surface area contributed by atoms with Crippen LogP contribution in [0.25, 0.3) is 0 Å². The van der Waals surface area contributed by atoms with E-state index < -0.39 is 24.0 Å². The van der Waals surface area contributed by atoms with Crippen LogP contribution in [0.1, 0.15) is 40.4 Å². The van der Waals surface area contributed by atoms with Crippen LogP contribution < -0.4 is 22.3 Å². The van der Waals surface area contributed by atoms with Crippen LogP contribution in [0.15, 0.2) is 88.8 Å². The van der Waals surface area contributed by atoms with Crippen LogP contribution in [0.3, 0.4) is 0 Å². The van der Waals surface area contributed by atoms with Gasteiger partial charge >= 0.3 is 5.97 Å². The van der Waals surface area contributed by atoms with Gasteiger partial charge in [0, 0.05) is 18.8 Å². The van der Waals surface area contributed by atoms with E-state index >= 15 is 0 Å². The Hall–Kier alpha value is -4.40. The summed E-state index contributed by atoms with van der Waals surface area (Å²) in [6.45, 7) is 0.253. The summed E-state index contributed by atoms with van der Waals surface area (Å²) in [7, 11) is 0. The Labute approximate surface area is 196 Å². The number of nitrogens with one attached hydrogen (secondary N) is 1. The zero-order valence-corrected chi connectivity index (χ0v) is 18.5. The van der Waals surface area contributed by atoms with Gasteiger partial charge in [-0.25, -0.2) is 4.79 Å². The molecule has 9 heteroatoms. The van der Waals surface area contributed by atoms with Gasteiger partial charge < -0.3 is 26.5 Å². The zero-order chi connectivity index (χ0) is 24.5. The Bertz CT molecular complexity index is 1170. The highest BCUT2D eigenvalue weighted by Gasteiger charge is 2.22. The number of rotatable bonds is 10. The molecule has 9 nitrogen and oxygen atoms in total. The van der Waals surface area contributed by atoms with Crippen LogP contribution >= 0.6 is 0 Å². The van der Waals surface area contributed by atoms with Gasteiger partial charge in [0.1, 0.15) is 6.04 Å². The van der Waals surface area contributed by atoms with Crippen molar-refractivity contribution in [2.45, 2.75) is 24.9 Å². The first kappa shape index (κ1) is 24.2. The van der Waals surface area contributed by atoms with Crippen molar-refractivity contribution in [1.82, 2.24) is 9.88 Å². The normalized spacial score (nSPS) is 11.6. The van der Waals surface area contributed by atoms with Gasteiger partial charge in [-0.15, -0.1) is 0 Å². The lowest BCUT2D eigenvalue weighted by Crippen LogP contribution is -2.41. The molecule has 1 atom stereocenters. The fraction of sp³-hybridized carbons (Fsp3) is 0.200. The van der Waals surface area contributed by atoms with Gasteiger partial charge in [0.25, 0.3) is 11.5 Å². The fourth-order valence-corrected chi connectivity index (χ4v) is 3.63. The number of hydrogen-bond donors (Lipinski definition) is 4. The quantitative estimate of drug-likeness (QED) is 0.205. The molecule has 0 radical (unpaired) electrons. The molecule has 176 valence electrons. The molecule has 0 aliphatic rings. The number of aliphatic imine (C=N–C) groups is 1. The highest BCUT2D eigenvalue weighted by molar-refractivity contribution is 5.96. The molecular weight excluding hydrogens is 434 g/mol. The summed E-state index contributed by atoms with van der Waals surface area (Å²) < 4.78 is 1.48. The highest BCUT2D eigenvalue weighted by atomic mass is 16.4. The van der Waals surface area contributed by atoms with Crippen LogP contribution in [-0.4, -0.2) is 40.1 Å². The van der Waals surface area contributed by atoms with Crippen LogP contribution in [0, 0.1) is 0 Å². The largest absolute Gasteiger partial charge is 0.480 e. The number of pyridine rings is 1. The molecule has 3 rings (SSSR count). The minimum Gasteiger partial charge on any atom is -0.480 e. The van der Waals surface area contributed by atoms with Crippen LogP contribution in [0.5, 0.6) is 0 Å². The number of carboxylic acids is 1. The molecule has 1 aromatic heterocycles. The molecule has 0 unspecified atom stereocenters. The predicted octanol–water partition coefficient (Wildman–Crippen LogP) is 1.72. The molecular formula is C25H27N5O4. The lowest BCUT2D eigenvalue weighted by molar-refractivity contribution is -0.139. The Balaban J connectivity index is 1.89. The summed E-state index contributed by atoms with van der Waals surface area (Å²) in [4.78, 5) is 41.2. The molecule has 1 amide bonds. The third kappa shape index (κ3) is 6.32. The first-order valence-electron chi connectivity index (χ1n) is 10.8. The van der Waals surface area contributed by atoms with E-state index in [-0.39, 0.29) is 30.0 Å². The molecule has 0 fully saturated rings. The van der Waals surface area contributed by atoms with E-state index in [2.05, 4.69) is 10.3 Å². The number of aliphatic carboxylic acids is 1. The third-order valence-electron chi connectivity index (χ3n) is 5.26. The van der Waals surface area contributed by atoms with E-state index in [1.165, 1.54) is 22.9 Å². The minimum absolute atomic E-state index is 0.0791. The van der Waals surface area contributed by atoms with Gasteiger partial charge in [-0.3, -0.25) is 14.6 Å². The molecule has 3 aromatic rings. The summed E-state index contributed by atoms with van der Waals surface area (Å²) in [5.74, 6) is -1.84. The minimum atomic E-state index is -1.17. The second-order valence-corrected chi connectivity index (χ2v) is 7.70. The maximum Gasteiger partial charge on any atom is 0.326 e. The van der Waals surface area contributed by atoms with E-state index in [9.17, 15) is 19.5 Å². The fourth-order valence-electron chi connectivity index (χ4n) is 3.63. The van der Waals surface area contributed by atoms with Crippen molar-refractivity contribution in [3.8, 4) is 0 Å². The summed E-state index contributed by atoms with van der Waals surface area (Å²) in [5, 5.41) is 12.0. The van der Waals surface area contributed by atoms with Gasteiger partial charge in [0.2, 0.25) is 0 Å². The van der Waals surface area contributed by atoms with E-state index in [4.69, 9.17) is 11.5 Å². The standard InChI is InChI=1S/C25H27N5O4/c26-25(27)28-15-7-12-20(24(33)34)29-23(32)19-13-14-21(31)30(16-19)22(17-8-3-1-4-9-17)18-10-5-2-6-11-18/h1-6,8-11,13-14,16,20,22H,7,12,15H2,(H,29,32)(H,33,34)(H4,26,27,28)/t20-/m0/s1. The van der Waals surface area contributed by atoms with Crippen molar-refractivity contribution in [2.75, 3.05) is 6.54 Å². The number of carboxylic acid groups (broad SMARTS) is 1. The Morgan fingerprint density at radius 1 is 0.941 bits per heavy atom. The van der Waals surface area contributed by atoms with Crippen LogP contribution in [0.4, 0.5) is 0 Å². The summed E-state index contributed by atoms with van der Waals surface area (Å²) >= 11 is 0. The molecule has 0 bridgehead atoms. The molecule has 2 aromatic carbocycles. The number of carbonyl (C=O) groups is 2. The number of nitrogens with zero attached hydrogens (tertiary/aromatic N) is 2. The van der Waals surface area contributed by atoms with Crippen molar-refractivity contribution in [1.29, 1.82) is 0 Å². The zero-order valence-electron chi connectivity index (χ0n) is 18.5. The first-order chi connectivity index (χ1) is 16.4. The summed E-state index contributed by atoms with van der Waals surface area (Å²) in [6.07, 6.45) is 1.98. The average molecular weight is 462 g/mol. The maximum absolute atomic E-state index is 12.9. The second kappa shape index (κ2) is 11.5. The Kier molecular flexibility index (Phi) is 8.17. The summed E-state index contributed by atoms with van der Waals surface area (Å²) in [5.41, 5.74) is 12.2. The monoisotopic (exact) mass is 461 g/mol. The lowest BCUT2D eigenvalue weighted by Gasteiger charge is -2.22. The lowest BCUT2D eigenvalue weighted by atomic mass is 9.98. The van der Waals surface area contributed by atoms with Crippen LogP contribution in [-0.2, 0) is 4.79 Å². The number of carbonyl (C=O) groups excluding carboxylic acids is 1. The smallest absolute Gasteiger partial charge is 0.326 e. The van der Waals surface area contributed by atoms with Crippen molar-refractivity contribution in [2.24, 2.45) is 16.5 Å². The SMILES string of the molecule is NC(N)=NCCC[C@H](NC(=O)c1ccc(=O)n(C(c2ccccc2)c2ccccc2)c1)C(=O)O. The predicted molar refractivity (Wildman–Crippen MR) is 130 cm³/mol. The number of nitrogens with two attached hydrogens (primary N) is 2. The van der Waals surface area contributed by atoms with E-state index in [0.717, 1.165) is 11.1 Å². The Morgan fingerprint density at radius 2 is 1.53 bits per heavy atom. The molecule has 34 heavy (non-hydrogen) atoms. The van der Waals surface area contributed by atoms with Gasteiger partial charge in [-0.2, -0.15) is 0 Å². The van der Waals surface area contributed by atoms with Crippen molar-refractivity contribution in [3.05, 3.63) is 106 Å². The number of amides is 1. The van der Waals surface area contributed by atoms with Crippen molar-refractivity contribution < 1.29 is 14.7 Å².